The van der Waals surface area contributed by atoms with E-state index in [1.165, 1.54) is 4.90 Å². The molecule has 0 N–H and O–H groups in total. The van der Waals surface area contributed by atoms with Gasteiger partial charge in [-0.25, -0.2) is 18.7 Å². The van der Waals surface area contributed by atoms with Crippen LogP contribution < -0.4 is 11.2 Å². The first-order valence-corrected chi connectivity index (χ1v) is 12.2. The third kappa shape index (κ3) is 5.32. The van der Waals surface area contributed by atoms with Crippen molar-refractivity contribution in [2.24, 2.45) is 12.0 Å². The van der Waals surface area contributed by atoms with E-state index in [1.54, 1.807) is 18.2 Å². The van der Waals surface area contributed by atoms with Gasteiger partial charge in [0.25, 0.3) is 5.56 Å². The van der Waals surface area contributed by atoms with Gasteiger partial charge in [-0.2, -0.15) is 13.2 Å². The van der Waals surface area contributed by atoms with Gasteiger partial charge in [0.1, 0.15) is 11.5 Å². The van der Waals surface area contributed by atoms with E-state index in [-0.39, 0.29) is 49.3 Å². The lowest BCUT2D eigenvalue weighted by molar-refractivity contribution is -0.144. The molecule has 0 aliphatic carbocycles. The second kappa shape index (κ2) is 9.99. The summed E-state index contributed by atoms with van der Waals surface area (Å²) in [7, 11) is 0.812. The van der Waals surface area contributed by atoms with Crippen LogP contribution >= 0.6 is 35.0 Å². The lowest BCUT2D eigenvalue weighted by atomic mass is 10.1. The molecule has 3 aromatic rings. The molecular weight excluding hydrogens is 559 g/mol. The fraction of sp³-hybridized carbons (Fsp3) is 0.217. The SMILES string of the molecule is Cc1ccc(CN2C(=O)CSC2=Nc2cc(-n3c(=O)cc(C(F)(F)F)n(C)c3=O)c(F)cc2Cl)cc1Cl. The molecule has 0 bridgehead atoms. The molecule has 0 unspecified atom stereocenters. The fourth-order valence-electron chi connectivity index (χ4n) is 3.56. The third-order valence-electron chi connectivity index (χ3n) is 5.52. The summed E-state index contributed by atoms with van der Waals surface area (Å²) in [5.41, 5.74) is -3.45. The largest absolute Gasteiger partial charge is 0.431 e. The Labute approximate surface area is 220 Å². The van der Waals surface area contributed by atoms with Crippen LogP contribution in [-0.2, 0) is 24.6 Å². The van der Waals surface area contributed by atoms with Crippen LogP contribution in [-0.4, -0.2) is 30.9 Å². The number of halogens is 6. The molecule has 37 heavy (non-hydrogen) atoms. The number of benzene rings is 2. The van der Waals surface area contributed by atoms with E-state index < -0.39 is 34.6 Å². The summed E-state index contributed by atoms with van der Waals surface area (Å²) in [4.78, 5) is 43.3. The van der Waals surface area contributed by atoms with Crippen LogP contribution in [0.2, 0.25) is 10.0 Å². The number of hydrogen-bond acceptors (Lipinski definition) is 5. The third-order valence-corrected chi connectivity index (χ3v) is 7.19. The molecule has 1 aliphatic rings. The minimum Gasteiger partial charge on any atom is -0.292 e. The normalized spacial score (nSPS) is 15.2. The molecule has 1 aromatic heterocycles. The molecule has 7 nitrogen and oxygen atoms in total. The van der Waals surface area contributed by atoms with Crippen molar-refractivity contribution in [2.75, 3.05) is 5.75 Å². The van der Waals surface area contributed by atoms with Crippen LogP contribution in [0, 0.1) is 12.7 Å². The number of rotatable bonds is 4. The molecule has 1 amide bonds. The molecule has 4 rings (SSSR count). The van der Waals surface area contributed by atoms with Gasteiger partial charge in [0.2, 0.25) is 5.91 Å². The van der Waals surface area contributed by atoms with Crippen molar-refractivity contribution in [1.82, 2.24) is 14.0 Å². The summed E-state index contributed by atoms with van der Waals surface area (Å²) >= 11 is 13.4. The van der Waals surface area contributed by atoms with E-state index >= 15 is 0 Å². The van der Waals surface area contributed by atoms with Crippen molar-refractivity contribution in [1.29, 1.82) is 0 Å². The molecular formula is C23H16Cl2F4N4O3S. The predicted molar refractivity (Wildman–Crippen MR) is 134 cm³/mol. The highest BCUT2D eigenvalue weighted by atomic mass is 35.5. The van der Waals surface area contributed by atoms with Gasteiger partial charge in [-0.3, -0.25) is 19.1 Å². The van der Waals surface area contributed by atoms with Gasteiger partial charge in [0, 0.05) is 18.1 Å². The highest BCUT2D eigenvalue weighted by molar-refractivity contribution is 8.15. The molecule has 0 atom stereocenters. The van der Waals surface area contributed by atoms with E-state index in [0.29, 0.717) is 5.02 Å². The number of alkyl halides is 3. The summed E-state index contributed by atoms with van der Waals surface area (Å²) in [5.74, 6) is -1.32. The molecule has 1 saturated heterocycles. The van der Waals surface area contributed by atoms with Gasteiger partial charge in [0.05, 0.1) is 28.7 Å². The van der Waals surface area contributed by atoms with Crippen LogP contribution in [0.25, 0.3) is 5.69 Å². The van der Waals surface area contributed by atoms with Crippen LogP contribution in [0.1, 0.15) is 16.8 Å². The topological polar surface area (TPSA) is 76.7 Å². The number of amidine groups is 1. The molecule has 2 heterocycles. The number of carbonyl (C=O) groups excluding carboxylic acids is 1. The van der Waals surface area contributed by atoms with Gasteiger partial charge >= 0.3 is 11.9 Å². The zero-order valence-corrected chi connectivity index (χ0v) is 21.4. The van der Waals surface area contributed by atoms with Crippen molar-refractivity contribution < 1.29 is 22.4 Å². The number of nitrogens with zero attached hydrogens (tertiary/aromatic N) is 4. The quantitative estimate of drug-likeness (QED) is 0.407. The summed E-state index contributed by atoms with van der Waals surface area (Å²) in [6.45, 7) is 1.97. The molecule has 0 saturated carbocycles. The monoisotopic (exact) mass is 574 g/mol. The number of aryl methyl sites for hydroxylation is 1. The van der Waals surface area contributed by atoms with Crippen LogP contribution in [0.3, 0.4) is 0 Å². The van der Waals surface area contributed by atoms with Crippen molar-refractivity contribution >= 4 is 51.7 Å². The lowest BCUT2D eigenvalue weighted by Gasteiger charge is -2.17. The molecule has 194 valence electrons. The Balaban J connectivity index is 1.79. The van der Waals surface area contributed by atoms with Gasteiger partial charge in [0.15, 0.2) is 5.17 Å². The molecule has 1 fully saturated rings. The molecule has 0 spiro atoms. The number of hydrogen-bond donors (Lipinski definition) is 0. The second-order valence-electron chi connectivity index (χ2n) is 8.04. The van der Waals surface area contributed by atoms with Crippen LogP contribution in [0.4, 0.5) is 23.2 Å². The standard InChI is InChI=1S/C23H16Cl2F4N4O3S/c1-11-3-4-12(5-13(11)24)9-32-20(35)10-37-21(32)30-16-7-17(15(26)6-14(16)25)33-19(34)8-18(23(27,28)29)31(2)22(33)36/h3-8H,9-10H2,1-2H3. The minimum atomic E-state index is -4.97. The Bertz CT molecular complexity index is 1580. The zero-order valence-electron chi connectivity index (χ0n) is 19.1. The van der Waals surface area contributed by atoms with Crippen molar-refractivity contribution in [3.05, 3.63) is 89.9 Å². The van der Waals surface area contributed by atoms with Crippen LogP contribution in [0.15, 0.2) is 51.0 Å². The first-order chi connectivity index (χ1) is 17.3. The van der Waals surface area contributed by atoms with Crippen LogP contribution in [0.5, 0.6) is 0 Å². The number of carbonyl (C=O) groups is 1. The molecule has 1 aliphatic heterocycles. The average Bonchev–Trinajstić information content (AvgIpc) is 3.14. The van der Waals surface area contributed by atoms with E-state index in [0.717, 1.165) is 42.1 Å². The zero-order chi connectivity index (χ0) is 27.2. The Morgan fingerprint density at radius 2 is 1.76 bits per heavy atom. The molecule has 0 radical (unpaired) electrons. The van der Waals surface area contributed by atoms with Gasteiger partial charge in [-0.1, -0.05) is 47.1 Å². The van der Waals surface area contributed by atoms with Crippen molar-refractivity contribution in [3.8, 4) is 5.69 Å². The van der Waals surface area contributed by atoms with E-state index in [2.05, 4.69) is 4.99 Å². The van der Waals surface area contributed by atoms with Crippen molar-refractivity contribution in [3.63, 3.8) is 0 Å². The predicted octanol–water partition coefficient (Wildman–Crippen LogP) is 5.07. The van der Waals surface area contributed by atoms with Gasteiger partial charge in [-0.15, -0.1) is 0 Å². The Hall–Kier alpha value is -3.09. The summed E-state index contributed by atoms with van der Waals surface area (Å²) in [6.07, 6.45) is -4.97. The van der Waals surface area contributed by atoms with E-state index in [1.807, 2.05) is 6.92 Å². The summed E-state index contributed by atoms with van der Waals surface area (Å²) in [5, 5.41) is 0.530. The number of amides is 1. The van der Waals surface area contributed by atoms with E-state index in [4.69, 9.17) is 23.2 Å². The average molecular weight is 575 g/mol. The van der Waals surface area contributed by atoms with Crippen molar-refractivity contribution in [2.45, 2.75) is 19.6 Å². The second-order valence-corrected chi connectivity index (χ2v) is 9.80. The maximum absolute atomic E-state index is 14.8. The Morgan fingerprint density at radius 3 is 2.41 bits per heavy atom. The summed E-state index contributed by atoms with van der Waals surface area (Å²) in [6, 6.07) is 7.25. The lowest BCUT2D eigenvalue weighted by Crippen LogP contribution is -2.41. The molecule has 2 aromatic carbocycles. The van der Waals surface area contributed by atoms with Gasteiger partial charge < -0.3 is 0 Å². The Morgan fingerprint density at radius 1 is 1.05 bits per heavy atom. The maximum atomic E-state index is 14.8. The number of aromatic nitrogens is 2. The van der Waals surface area contributed by atoms with Gasteiger partial charge in [-0.05, 0) is 36.2 Å². The summed E-state index contributed by atoms with van der Waals surface area (Å²) < 4.78 is 54.8. The number of thioether (sulfide) groups is 1. The maximum Gasteiger partial charge on any atom is 0.431 e. The van der Waals surface area contributed by atoms with E-state index in [9.17, 15) is 31.9 Å². The Kier molecular flexibility index (Phi) is 7.28. The number of aliphatic imine (C=N–C) groups is 1. The highest BCUT2D eigenvalue weighted by Crippen LogP contribution is 2.33. The first-order valence-electron chi connectivity index (χ1n) is 10.4. The first kappa shape index (κ1) is 27.0. The molecule has 14 heteroatoms. The smallest absolute Gasteiger partial charge is 0.292 e. The minimum absolute atomic E-state index is 0.0724. The fourth-order valence-corrected chi connectivity index (χ4v) is 4.85. The highest BCUT2D eigenvalue weighted by Gasteiger charge is 2.35.